The van der Waals surface area contributed by atoms with Gasteiger partial charge in [-0.15, -0.1) is 0 Å². The maximum atomic E-state index is 13.1. The molecule has 0 unspecified atom stereocenters. The number of nitrogens with zero attached hydrogens (tertiary/aromatic N) is 3. The molecule has 2 heterocycles. The van der Waals surface area contributed by atoms with E-state index in [4.69, 9.17) is 0 Å². The van der Waals surface area contributed by atoms with Gasteiger partial charge in [0.2, 0.25) is 10.0 Å². The number of rotatable bonds is 5. The number of carbonyl (C=O) groups is 1. The zero-order valence-corrected chi connectivity index (χ0v) is 19.5. The number of carbonyl (C=O) groups excluding carboxylic acids is 1. The second-order valence-corrected chi connectivity index (χ2v) is 10.5. The number of likely N-dealkylation sites (N-methyl/N-ethyl adjacent to an activating group) is 1. The molecule has 7 nitrogen and oxygen atoms in total. The summed E-state index contributed by atoms with van der Waals surface area (Å²) >= 11 is 0. The van der Waals surface area contributed by atoms with Crippen LogP contribution < -0.4 is 10.2 Å². The van der Waals surface area contributed by atoms with E-state index in [1.54, 1.807) is 18.2 Å². The van der Waals surface area contributed by atoms with Crippen LogP contribution in [0.2, 0.25) is 0 Å². The van der Waals surface area contributed by atoms with Gasteiger partial charge in [0.25, 0.3) is 5.91 Å². The maximum Gasteiger partial charge on any atom is 0.255 e. The first kappa shape index (κ1) is 22.8. The molecule has 0 radical (unpaired) electrons. The Balaban J connectivity index is 1.53. The molecule has 0 spiro atoms. The molecule has 2 aromatic carbocycles. The Morgan fingerprint density at radius 2 is 1.53 bits per heavy atom. The fraction of sp³-hybridized carbons (Fsp3) is 0.458. The second-order valence-electron chi connectivity index (χ2n) is 8.61. The molecule has 2 saturated heterocycles. The minimum atomic E-state index is -3.63. The lowest BCUT2D eigenvalue weighted by Crippen LogP contribution is -2.47. The van der Waals surface area contributed by atoms with E-state index in [1.165, 1.54) is 23.2 Å². The van der Waals surface area contributed by atoms with Crippen molar-refractivity contribution >= 4 is 27.3 Å². The van der Waals surface area contributed by atoms with Crippen molar-refractivity contribution in [2.24, 2.45) is 0 Å². The highest BCUT2D eigenvalue weighted by atomic mass is 32.2. The first-order chi connectivity index (χ1) is 15.4. The summed E-state index contributed by atoms with van der Waals surface area (Å²) in [5, 5.41) is 3.01. The Labute approximate surface area is 191 Å². The van der Waals surface area contributed by atoms with Crippen LogP contribution in [0, 0.1) is 0 Å². The van der Waals surface area contributed by atoms with Gasteiger partial charge in [0.05, 0.1) is 16.3 Å². The van der Waals surface area contributed by atoms with E-state index in [2.05, 4.69) is 15.1 Å². The molecule has 0 aromatic heterocycles. The molecule has 2 fully saturated rings. The highest BCUT2D eigenvalue weighted by molar-refractivity contribution is 7.89. The number of benzene rings is 2. The van der Waals surface area contributed by atoms with Crippen LogP contribution in [0.4, 0.5) is 11.4 Å². The SMILES string of the molecule is CN1CCN(S(=O)(=O)c2cccc(C(=O)Nc3ccccc3N3CCCCCC3)c2)CC1. The van der Waals surface area contributed by atoms with E-state index in [0.717, 1.165) is 37.3 Å². The standard InChI is InChI=1S/C24H32N4O3S/c1-26-15-17-28(18-16-26)32(30,31)21-10-8-9-20(19-21)24(29)25-22-11-4-5-12-23(22)27-13-6-2-3-7-14-27/h4-5,8-12,19H,2-3,6-7,13-18H2,1H3,(H,25,29). The van der Waals surface area contributed by atoms with Crippen LogP contribution in [0.1, 0.15) is 36.0 Å². The Morgan fingerprint density at radius 3 is 2.25 bits per heavy atom. The molecular weight excluding hydrogens is 424 g/mol. The van der Waals surface area contributed by atoms with Crippen molar-refractivity contribution in [1.29, 1.82) is 0 Å². The van der Waals surface area contributed by atoms with Gasteiger partial charge in [0, 0.05) is 44.8 Å². The predicted molar refractivity (Wildman–Crippen MR) is 128 cm³/mol. The van der Waals surface area contributed by atoms with Gasteiger partial charge in [-0.1, -0.05) is 31.0 Å². The number of hydrogen-bond acceptors (Lipinski definition) is 5. The summed E-state index contributed by atoms with van der Waals surface area (Å²) in [5.41, 5.74) is 2.11. The molecule has 1 N–H and O–H groups in total. The Morgan fingerprint density at radius 1 is 0.844 bits per heavy atom. The first-order valence-electron chi connectivity index (χ1n) is 11.4. The van der Waals surface area contributed by atoms with E-state index < -0.39 is 10.0 Å². The topological polar surface area (TPSA) is 73.0 Å². The largest absolute Gasteiger partial charge is 0.370 e. The van der Waals surface area contributed by atoms with Crippen LogP contribution >= 0.6 is 0 Å². The molecule has 2 aliphatic heterocycles. The van der Waals surface area contributed by atoms with Crippen molar-refractivity contribution < 1.29 is 13.2 Å². The van der Waals surface area contributed by atoms with Crippen molar-refractivity contribution in [2.45, 2.75) is 30.6 Å². The number of anilines is 2. The molecule has 0 aliphatic carbocycles. The van der Waals surface area contributed by atoms with E-state index >= 15 is 0 Å². The minimum absolute atomic E-state index is 0.163. The van der Waals surface area contributed by atoms with Gasteiger partial charge in [0.15, 0.2) is 0 Å². The zero-order valence-electron chi connectivity index (χ0n) is 18.7. The molecular formula is C24H32N4O3S. The quantitative estimate of drug-likeness (QED) is 0.748. The molecule has 4 rings (SSSR count). The highest BCUT2D eigenvalue weighted by Crippen LogP contribution is 2.28. The van der Waals surface area contributed by atoms with Crippen molar-refractivity contribution in [3.05, 3.63) is 54.1 Å². The first-order valence-corrected chi connectivity index (χ1v) is 12.8. The monoisotopic (exact) mass is 456 g/mol. The third-order valence-electron chi connectivity index (χ3n) is 6.30. The highest BCUT2D eigenvalue weighted by Gasteiger charge is 2.28. The summed E-state index contributed by atoms with van der Waals surface area (Å²) in [7, 11) is -1.64. The normalized spacial score (nSPS) is 18.8. The molecule has 8 heteroatoms. The van der Waals surface area contributed by atoms with Crippen LogP contribution in [0.25, 0.3) is 0 Å². The van der Waals surface area contributed by atoms with Crippen LogP contribution in [0.3, 0.4) is 0 Å². The average Bonchev–Trinajstić information content (AvgIpc) is 3.09. The third-order valence-corrected chi connectivity index (χ3v) is 8.19. The lowest BCUT2D eigenvalue weighted by molar-refractivity contribution is 0.102. The average molecular weight is 457 g/mol. The summed E-state index contributed by atoms with van der Waals surface area (Å²) in [5.74, 6) is -0.303. The maximum absolute atomic E-state index is 13.1. The second kappa shape index (κ2) is 10.0. The van der Waals surface area contributed by atoms with Crippen molar-refractivity contribution in [3.63, 3.8) is 0 Å². The Bertz CT molecular complexity index is 1040. The third kappa shape index (κ3) is 5.14. The van der Waals surface area contributed by atoms with E-state index in [-0.39, 0.29) is 10.8 Å². The predicted octanol–water partition coefficient (Wildman–Crippen LogP) is 3.26. The molecule has 2 aliphatic rings. The fourth-order valence-electron chi connectivity index (χ4n) is 4.34. The van der Waals surface area contributed by atoms with Crippen LogP contribution in [-0.4, -0.2) is 69.8 Å². The lowest BCUT2D eigenvalue weighted by atomic mass is 10.2. The summed E-state index contributed by atoms with van der Waals surface area (Å²) in [6.07, 6.45) is 4.77. The smallest absolute Gasteiger partial charge is 0.255 e. The fourth-order valence-corrected chi connectivity index (χ4v) is 5.81. The van der Waals surface area contributed by atoms with Gasteiger partial charge in [-0.05, 0) is 50.2 Å². The number of para-hydroxylation sites is 2. The number of nitrogens with one attached hydrogen (secondary N) is 1. The summed E-state index contributed by atoms with van der Waals surface area (Å²) in [6.45, 7) is 4.27. The van der Waals surface area contributed by atoms with E-state index in [9.17, 15) is 13.2 Å². The molecule has 0 atom stereocenters. The summed E-state index contributed by atoms with van der Waals surface area (Å²) in [6, 6.07) is 14.2. The van der Waals surface area contributed by atoms with Gasteiger partial charge in [-0.25, -0.2) is 8.42 Å². The summed E-state index contributed by atoms with van der Waals surface area (Å²) < 4.78 is 27.7. The van der Waals surface area contributed by atoms with Gasteiger partial charge >= 0.3 is 0 Å². The molecule has 2 aromatic rings. The Kier molecular flexibility index (Phi) is 7.13. The minimum Gasteiger partial charge on any atom is -0.370 e. The van der Waals surface area contributed by atoms with Crippen LogP contribution in [-0.2, 0) is 10.0 Å². The van der Waals surface area contributed by atoms with Crippen LogP contribution in [0.5, 0.6) is 0 Å². The van der Waals surface area contributed by atoms with Gasteiger partial charge in [-0.3, -0.25) is 4.79 Å². The van der Waals surface area contributed by atoms with Crippen LogP contribution in [0.15, 0.2) is 53.4 Å². The molecule has 32 heavy (non-hydrogen) atoms. The van der Waals surface area contributed by atoms with Crippen molar-refractivity contribution in [2.75, 3.05) is 56.5 Å². The van der Waals surface area contributed by atoms with Crippen molar-refractivity contribution in [3.8, 4) is 0 Å². The van der Waals surface area contributed by atoms with Gasteiger partial charge < -0.3 is 15.1 Å². The zero-order chi connectivity index (χ0) is 22.6. The molecule has 172 valence electrons. The van der Waals surface area contributed by atoms with E-state index in [1.807, 2.05) is 31.3 Å². The number of hydrogen-bond donors (Lipinski definition) is 1. The summed E-state index contributed by atoms with van der Waals surface area (Å²) in [4.78, 5) is 17.7. The number of sulfonamides is 1. The Hall–Kier alpha value is -2.42. The van der Waals surface area contributed by atoms with Gasteiger partial charge in [-0.2, -0.15) is 4.31 Å². The number of piperazine rings is 1. The number of amides is 1. The van der Waals surface area contributed by atoms with Gasteiger partial charge in [0.1, 0.15) is 0 Å². The lowest BCUT2D eigenvalue weighted by Gasteiger charge is -2.31. The van der Waals surface area contributed by atoms with Crippen molar-refractivity contribution in [1.82, 2.24) is 9.21 Å². The molecule has 1 amide bonds. The van der Waals surface area contributed by atoms with E-state index in [0.29, 0.717) is 31.7 Å². The molecule has 0 bridgehead atoms. The molecule has 0 saturated carbocycles.